The van der Waals surface area contributed by atoms with Crippen LogP contribution < -0.4 is 5.56 Å². The highest BCUT2D eigenvalue weighted by molar-refractivity contribution is 5.24. The fourth-order valence-corrected chi connectivity index (χ4v) is 0.867. The molecule has 0 spiro atoms. The summed E-state index contributed by atoms with van der Waals surface area (Å²) in [6.45, 7) is 0.0144. The van der Waals surface area contributed by atoms with E-state index in [2.05, 4.69) is 4.74 Å². The molecule has 0 bridgehead atoms. The predicted molar refractivity (Wildman–Crippen MR) is 44.4 cm³/mol. The SMILES string of the molecule is COCn1cc([N+](=O)[O-])ccc1=O. The monoisotopic (exact) mass is 184 g/mol. The zero-order valence-corrected chi connectivity index (χ0v) is 6.97. The van der Waals surface area contributed by atoms with Gasteiger partial charge >= 0.3 is 0 Å². The zero-order valence-electron chi connectivity index (χ0n) is 6.97. The van der Waals surface area contributed by atoms with Crippen LogP contribution in [0.25, 0.3) is 0 Å². The van der Waals surface area contributed by atoms with Crippen molar-refractivity contribution in [3.05, 3.63) is 38.8 Å². The van der Waals surface area contributed by atoms with Crippen LogP contribution in [-0.2, 0) is 11.5 Å². The molecule has 0 aromatic carbocycles. The van der Waals surface area contributed by atoms with Crippen LogP contribution in [0.3, 0.4) is 0 Å². The van der Waals surface area contributed by atoms with Crippen molar-refractivity contribution in [1.82, 2.24) is 4.57 Å². The Bertz CT molecular complexity index is 371. The van der Waals surface area contributed by atoms with Gasteiger partial charge in [0.2, 0.25) is 0 Å². The lowest BCUT2D eigenvalue weighted by molar-refractivity contribution is -0.385. The molecule has 0 saturated heterocycles. The topological polar surface area (TPSA) is 74.4 Å². The molecule has 0 saturated carbocycles. The van der Waals surface area contributed by atoms with Gasteiger partial charge in [0.05, 0.1) is 11.1 Å². The molecule has 0 N–H and O–H groups in total. The first kappa shape index (κ1) is 9.40. The zero-order chi connectivity index (χ0) is 9.84. The van der Waals surface area contributed by atoms with E-state index in [0.29, 0.717) is 0 Å². The van der Waals surface area contributed by atoms with Gasteiger partial charge in [-0.05, 0) is 0 Å². The number of rotatable bonds is 3. The number of nitrogens with zero attached hydrogens (tertiary/aromatic N) is 2. The molecule has 1 aromatic rings. The van der Waals surface area contributed by atoms with Gasteiger partial charge in [-0.25, -0.2) is 0 Å². The van der Waals surface area contributed by atoms with Crippen molar-refractivity contribution in [3.63, 3.8) is 0 Å². The lowest BCUT2D eigenvalue weighted by Crippen LogP contribution is -2.19. The molecule has 6 nitrogen and oxygen atoms in total. The quantitative estimate of drug-likeness (QED) is 0.502. The Balaban J connectivity index is 3.11. The van der Waals surface area contributed by atoms with E-state index in [0.717, 1.165) is 22.9 Å². The second-order valence-electron chi connectivity index (χ2n) is 2.37. The van der Waals surface area contributed by atoms with Gasteiger partial charge in [0.15, 0.2) is 0 Å². The molecular formula is C7H8N2O4. The smallest absolute Gasteiger partial charge is 0.285 e. The molecule has 6 heteroatoms. The number of ether oxygens (including phenoxy) is 1. The van der Waals surface area contributed by atoms with Gasteiger partial charge in [0, 0.05) is 19.2 Å². The molecule has 0 aliphatic rings. The van der Waals surface area contributed by atoms with Crippen molar-refractivity contribution in [1.29, 1.82) is 0 Å². The Hall–Kier alpha value is -1.69. The van der Waals surface area contributed by atoms with E-state index in [-0.39, 0.29) is 18.0 Å². The molecule has 13 heavy (non-hydrogen) atoms. The van der Waals surface area contributed by atoms with Gasteiger partial charge in [0.25, 0.3) is 11.2 Å². The Labute approximate surface area is 73.5 Å². The Kier molecular flexibility index (Phi) is 2.76. The van der Waals surface area contributed by atoms with E-state index in [9.17, 15) is 14.9 Å². The summed E-state index contributed by atoms with van der Waals surface area (Å²) in [4.78, 5) is 20.8. The van der Waals surface area contributed by atoms with Crippen LogP contribution >= 0.6 is 0 Å². The lowest BCUT2D eigenvalue weighted by Gasteiger charge is -2.01. The lowest BCUT2D eigenvalue weighted by atomic mass is 10.4. The fourth-order valence-electron chi connectivity index (χ4n) is 0.867. The maximum atomic E-state index is 11.0. The van der Waals surface area contributed by atoms with Crippen molar-refractivity contribution in [3.8, 4) is 0 Å². The minimum absolute atomic E-state index is 0.0144. The molecule has 70 valence electrons. The van der Waals surface area contributed by atoms with Crippen LogP contribution in [0.15, 0.2) is 23.1 Å². The second-order valence-corrected chi connectivity index (χ2v) is 2.37. The van der Waals surface area contributed by atoms with Gasteiger partial charge < -0.3 is 4.74 Å². The van der Waals surface area contributed by atoms with E-state index in [1.807, 2.05) is 0 Å². The summed E-state index contributed by atoms with van der Waals surface area (Å²) < 4.78 is 5.81. The highest BCUT2D eigenvalue weighted by Gasteiger charge is 2.06. The van der Waals surface area contributed by atoms with Crippen LogP contribution in [-0.4, -0.2) is 16.6 Å². The molecule has 0 amide bonds. The van der Waals surface area contributed by atoms with Crippen molar-refractivity contribution >= 4 is 5.69 Å². The van der Waals surface area contributed by atoms with E-state index in [1.54, 1.807) is 0 Å². The Morgan fingerprint density at radius 2 is 2.31 bits per heavy atom. The summed E-state index contributed by atoms with van der Waals surface area (Å²) in [5.41, 5.74) is -0.455. The maximum Gasteiger partial charge on any atom is 0.285 e. The summed E-state index contributed by atoms with van der Waals surface area (Å²) in [5.74, 6) is 0. The maximum absolute atomic E-state index is 11.0. The predicted octanol–water partition coefficient (Wildman–Crippen LogP) is 0.360. The third kappa shape index (κ3) is 2.12. The van der Waals surface area contributed by atoms with E-state index < -0.39 is 4.92 Å². The molecule has 0 fully saturated rings. The Morgan fingerprint density at radius 3 is 2.85 bits per heavy atom. The number of hydrogen-bond acceptors (Lipinski definition) is 4. The van der Waals surface area contributed by atoms with Crippen LogP contribution in [0.4, 0.5) is 5.69 Å². The molecule has 0 radical (unpaired) electrons. The van der Waals surface area contributed by atoms with Gasteiger partial charge in [-0.3, -0.25) is 19.5 Å². The average Bonchev–Trinajstić information content (AvgIpc) is 2.08. The van der Waals surface area contributed by atoms with Gasteiger partial charge in [-0.15, -0.1) is 0 Å². The largest absolute Gasteiger partial charge is 0.364 e. The second kappa shape index (κ2) is 3.81. The first-order valence-corrected chi connectivity index (χ1v) is 3.49. The third-order valence-electron chi connectivity index (χ3n) is 1.45. The van der Waals surface area contributed by atoms with E-state index in [4.69, 9.17) is 0 Å². The molecule has 0 atom stereocenters. The van der Waals surface area contributed by atoms with Crippen LogP contribution in [0.5, 0.6) is 0 Å². The summed E-state index contributed by atoms with van der Waals surface area (Å²) in [6, 6.07) is 2.30. The van der Waals surface area contributed by atoms with Crippen LogP contribution in [0, 0.1) is 10.1 Å². The number of methoxy groups -OCH3 is 1. The molecule has 1 rings (SSSR count). The number of hydrogen-bond donors (Lipinski definition) is 0. The average molecular weight is 184 g/mol. The highest BCUT2D eigenvalue weighted by atomic mass is 16.6. The minimum Gasteiger partial charge on any atom is -0.364 e. The van der Waals surface area contributed by atoms with E-state index in [1.165, 1.54) is 7.11 Å². The molecule has 0 aliphatic heterocycles. The van der Waals surface area contributed by atoms with Gasteiger partial charge in [0.1, 0.15) is 6.73 Å². The summed E-state index contributed by atoms with van der Waals surface area (Å²) in [6.07, 6.45) is 1.14. The highest BCUT2D eigenvalue weighted by Crippen LogP contribution is 2.05. The summed E-state index contributed by atoms with van der Waals surface area (Å²) >= 11 is 0. The van der Waals surface area contributed by atoms with Crippen molar-refractivity contribution < 1.29 is 9.66 Å². The molecular weight excluding hydrogens is 176 g/mol. The summed E-state index contributed by atoms with van der Waals surface area (Å²) in [5, 5.41) is 10.3. The Morgan fingerprint density at radius 1 is 1.62 bits per heavy atom. The normalized spacial score (nSPS) is 9.92. The van der Waals surface area contributed by atoms with Crippen LogP contribution in [0.1, 0.15) is 0 Å². The first-order chi connectivity index (χ1) is 6.15. The number of nitro groups is 1. The first-order valence-electron chi connectivity index (χ1n) is 3.49. The molecule has 1 heterocycles. The van der Waals surface area contributed by atoms with Crippen LogP contribution in [0.2, 0.25) is 0 Å². The number of pyridine rings is 1. The molecule has 1 aromatic heterocycles. The summed E-state index contributed by atoms with van der Waals surface area (Å²) in [7, 11) is 1.41. The van der Waals surface area contributed by atoms with Gasteiger partial charge in [-0.2, -0.15) is 0 Å². The third-order valence-corrected chi connectivity index (χ3v) is 1.45. The van der Waals surface area contributed by atoms with Crippen molar-refractivity contribution in [2.45, 2.75) is 6.73 Å². The van der Waals surface area contributed by atoms with E-state index >= 15 is 0 Å². The standard InChI is InChI=1S/C7H8N2O4/c1-13-5-8-4-6(9(11)12)2-3-7(8)10/h2-4H,5H2,1H3. The van der Waals surface area contributed by atoms with Gasteiger partial charge in [-0.1, -0.05) is 0 Å². The van der Waals surface area contributed by atoms with Crippen molar-refractivity contribution in [2.75, 3.05) is 7.11 Å². The molecule has 0 unspecified atom stereocenters. The minimum atomic E-state index is -0.564. The fraction of sp³-hybridized carbons (Fsp3) is 0.286. The number of aromatic nitrogens is 1. The van der Waals surface area contributed by atoms with Crippen molar-refractivity contribution in [2.24, 2.45) is 0 Å². The molecule has 0 aliphatic carbocycles.